The van der Waals surface area contributed by atoms with E-state index >= 15 is 0 Å². The van der Waals surface area contributed by atoms with E-state index in [-0.39, 0.29) is 16.0 Å². The van der Waals surface area contributed by atoms with Crippen molar-refractivity contribution in [3.63, 3.8) is 0 Å². The fourth-order valence-electron chi connectivity index (χ4n) is 1.12. The van der Waals surface area contributed by atoms with Gasteiger partial charge in [-0.05, 0) is 18.6 Å². The molecule has 3 N–H and O–H groups in total. The average molecular weight is 235 g/mol. The summed E-state index contributed by atoms with van der Waals surface area (Å²) in [5, 5.41) is 10.5. The van der Waals surface area contributed by atoms with Crippen molar-refractivity contribution < 1.29 is 4.79 Å². The fourth-order valence-corrected chi connectivity index (χ4v) is 1.62. The van der Waals surface area contributed by atoms with Gasteiger partial charge >= 0.3 is 0 Å². The van der Waals surface area contributed by atoms with Crippen molar-refractivity contribution in [1.82, 2.24) is 15.2 Å². The van der Waals surface area contributed by atoms with E-state index in [1.165, 1.54) is 0 Å². The lowest BCUT2D eigenvalue weighted by molar-refractivity contribution is 0.102. The Morgan fingerprint density at radius 2 is 2.31 bits per heavy atom. The van der Waals surface area contributed by atoms with Gasteiger partial charge in [-0.25, -0.2) is 0 Å². The summed E-state index contributed by atoms with van der Waals surface area (Å²) in [6.07, 6.45) is 3.28. The predicted molar refractivity (Wildman–Crippen MR) is 61.2 cm³/mol. The van der Waals surface area contributed by atoms with Crippen molar-refractivity contribution in [2.24, 2.45) is 0 Å². The molecule has 82 valence electrons. The van der Waals surface area contributed by atoms with Gasteiger partial charge in [0, 0.05) is 18.1 Å². The van der Waals surface area contributed by atoms with Gasteiger partial charge in [0.15, 0.2) is 0 Å². The molecule has 0 atom stereocenters. The number of nitrogens with two attached hydrogens (primary N) is 1. The smallest absolute Gasteiger partial charge is 0.286 e. The minimum Gasteiger partial charge on any atom is -0.374 e. The Hall–Kier alpha value is -2.02. The summed E-state index contributed by atoms with van der Waals surface area (Å²) in [6, 6.07) is 1.72. The molecule has 1 amide bonds. The van der Waals surface area contributed by atoms with Crippen molar-refractivity contribution in [3.05, 3.63) is 29.0 Å². The van der Waals surface area contributed by atoms with Crippen LogP contribution in [0.4, 0.5) is 10.8 Å². The van der Waals surface area contributed by atoms with Gasteiger partial charge < -0.3 is 11.1 Å². The van der Waals surface area contributed by atoms with Crippen LogP contribution in [0, 0.1) is 6.92 Å². The third-order valence-corrected chi connectivity index (χ3v) is 2.65. The number of aryl methyl sites for hydroxylation is 1. The molecule has 2 aromatic heterocycles. The van der Waals surface area contributed by atoms with Crippen LogP contribution in [0.3, 0.4) is 0 Å². The van der Waals surface area contributed by atoms with Crippen LogP contribution in [0.15, 0.2) is 18.5 Å². The van der Waals surface area contributed by atoms with E-state index in [1.807, 2.05) is 6.92 Å². The largest absolute Gasteiger partial charge is 0.374 e. The molecule has 2 rings (SSSR count). The van der Waals surface area contributed by atoms with Gasteiger partial charge in [0.2, 0.25) is 10.1 Å². The Morgan fingerprint density at radius 1 is 1.50 bits per heavy atom. The van der Waals surface area contributed by atoms with Gasteiger partial charge in [0.1, 0.15) is 0 Å². The van der Waals surface area contributed by atoms with Crippen molar-refractivity contribution in [2.45, 2.75) is 6.92 Å². The van der Waals surface area contributed by atoms with Gasteiger partial charge in [0.05, 0.1) is 0 Å². The number of amides is 1. The molecule has 2 aromatic rings. The second kappa shape index (κ2) is 4.23. The number of nitrogen functional groups attached to an aromatic ring is 1. The van der Waals surface area contributed by atoms with Crippen molar-refractivity contribution in [2.75, 3.05) is 11.1 Å². The molecular formula is C9H9N5OS. The first kappa shape index (κ1) is 10.5. The SMILES string of the molecule is Cc1cnccc1NC(=O)c1nnc(N)s1. The van der Waals surface area contributed by atoms with E-state index < -0.39 is 0 Å². The average Bonchev–Trinajstić information content (AvgIpc) is 2.68. The third kappa shape index (κ3) is 2.14. The van der Waals surface area contributed by atoms with Crippen LogP contribution in [0.25, 0.3) is 0 Å². The highest BCUT2D eigenvalue weighted by molar-refractivity contribution is 7.16. The topological polar surface area (TPSA) is 93.8 Å². The lowest BCUT2D eigenvalue weighted by Gasteiger charge is -2.04. The van der Waals surface area contributed by atoms with Crippen LogP contribution in [-0.4, -0.2) is 21.1 Å². The Balaban J connectivity index is 2.17. The summed E-state index contributed by atoms with van der Waals surface area (Å²) in [5.41, 5.74) is 6.98. The highest BCUT2D eigenvalue weighted by atomic mass is 32.1. The molecular weight excluding hydrogens is 226 g/mol. The fraction of sp³-hybridized carbons (Fsp3) is 0.111. The minimum absolute atomic E-state index is 0.244. The lowest BCUT2D eigenvalue weighted by Crippen LogP contribution is -2.12. The van der Waals surface area contributed by atoms with Crippen LogP contribution in [0.1, 0.15) is 15.4 Å². The molecule has 0 radical (unpaired) electrons. The first-order chi connectivity index (χ1) is 7.66. The first-order valence-corrected chi connectivity index (χ1v) is 5.29. The summed E-state index contributed by atoms with van der Waals surface area (Å²) >= 11 is 1.05. The second-order valence-electron chi connectivity index (χ2n) is 3.09. The summed E-state index contributed by atoms with van der Waals surface area (Å²) in [6.45, 7) is 1.86. The molecule has 0 spiro atoms. The molecule has 16 heavy (non-hydrogen) atoms. The number of rotatable bonds is 2. The standard InChI is InChI=1S/C9H9N5OS/c1-5-4-11-3-2-6(5)12-7(15)8-13-14-9(10)16-8/h2-4H,1H3,(H2,10,14)(H,11,12,15). The van der Waals surface area contributed by atoms with E-state index in [1.54, 1.807) is 18.5 Å². The number of anilines is 2. The maximum atomic E-state index is 11.7. The molecule has 0 aliphatic rings. The maximum absolute atomic E-state index is 11.7. The Bertz CT molecular complexity index is 524. The summed E-state index contributed by atoms with van der Waals surface area (Å²) in [5.74, 6) is -0.316. The zero-order valence-electron chi connectivity index (χ0n) is 8.47. The van der Waals surface area contributed by atoms with Gasteiger partial charge in [-0.1, -0.05) is 11.3 Å². The zero-order chi connectivity index (χ0) is 11.5. The monoisotopic (exact) mass is 235 g/mol. The van der Waals surface area contributed by atoms with Crippen LogP contribution in [0.2, 0.25) is 0 Å². The molecule has 7 heteroatoms. The number of carbonyl (C=O) groups excluding carboxylic acids is 1. The Morgan fingerprint density at radius 3 is 2.94 bits per heavy atom. The van der Waals surface area contributed by atoms with Crippen molar-refractivity contribution >= 4 is 28.1 Å². The quantitative estimate of drug-likeness (QED) is 0.812. The third-order valence-electron chi connectivity index (χ3n) is 1.90. The number of nitrogens with zero attached hydrogens (tertiary/aromatic N) is 3. The number of aromatic nitrogens is 3. The van der Waals surface area contributed by atoms with E-state index in [9.17, 15) is 4.79 Å². The normalized spacial score (nSPS) is 10.1. The number of hydrogen-bond donors (Lipinski definition) is 2. The van der Waals surface area contributed by atoms with Crippen molar-refractivity contribution in [3.8, 4) is 0 Å². The molecule has 0 saturated heterocycles. The molecule has 0 fully saturated rings. The molecule has 0 bridgehead atoms. The maximum Gasteiger partial charge on any atom is 0.286 e. The molecule has 0 saturated carbocycles. The minimum atomic E-state index is -0.316. The number of nitrogens with one attached hydrogen (secondary N) is 1. The molecule has 0 unspecified atom stereocenters. The van der Waals surface area contributed by atoms with Crippen LogP contribution >= 0.6 is 11.3 Å². The predicted octanol–water partition coefficient (Wildman–Crippen LogP) is 1.08. The van der Waals surface area contributed by atoms with E-state index in [2.05, 4.69) is 20.5 Å². The first-order valence-electron chi connectivity index (χ1n) is 4.48. The Labute approximate surface area is 95.5 Å². The molecule has 6 nitrogen and oxygen atoms in total. The number of hydrogen-bond acceptors (Lipinski definition) is 6. The van der Waals surface area contributed by atoms with Crippen LogP contribution in [-0.2, 0) is 0 Å². The van der Waals surface area contributed by atoms with Crippen LogP contribution < -0.4 is 11.1 Å². The van der Waals surface area contributed by atoms with Gasteiger partial charge in [0.25, 0.3) is 5.91 Å². The van der Waals surface area contributed by atoms with Gasteiger partial charge in [-0.3, -0.25) is 9.78 Å². The van der Waals surface area contributed by atoms with Gasteiger partial charge in [-0.15, -0.1) is 10.2 Å². The summed E-state index contributed by atoms with van der Waals surface area (Å²) in [4.78, 5) is 15.6. The second-order valence-corrected chi connectivity index (χ2v) is 4.10. The Kier molecular flexibility index (Phi) is 2.78. The molecule has 0 aromatic carbocycles. The molecule has 0 aliphatic carbocycles. The van der Waals surface area contributed by atoms with E-state index in [0.717, 1.165) is 16.9 Å². The zero-order valence-corrected chi connectivity index (χ0v) is 9.28. The van der Waals surface area contributed by atoms with Gasteiger partial charge in [-0.2, -0.15) is 0 Å². The highest BCUT2D eigenvalue weighted by Gasteiger charge is 2.12. The highest BCUT2D eigenvalue weighted by Crippen LogP contribution is 2.16. The van der Waals surface area contributed by atoms with E-state index in [0.29, 0.717) is 5.69 Å². The summed E-state index contributed by atoms with van der Waals surface area (Å²) < 4.78 is 0. The lowest BCUT2D eigenvalue weighted by atomic mass is 10.2. The molecule has 2 heterocycles. The molecule has 0 aliphatic heterocycles. The number of pyridine rings is 1. The van der Waals surface area contributed by atoms with Crippen LogP contribution in [0.5, 0.6) is 0 Å². The van der Waals surface area contributed by atoms with E-state index in [4.69, 9.17) is 5.73 Å². The number of carbonyl (C=O) groups is 1. The van der Waals surface area contributed by atoms with Crippen molar-refractivity contribution in [1.29, 1.82) is 0 Å². The summed E-state index contributed by atoms with van der Waals surface area (Å²) in [7, 11) is 0.